The van der Waals surface area contributed by atoms with Crippen molar-refractivity contribution < 1.29 is 22.7 Å². The second kappa shape index (κ2) is 11.3. The fraction of sp³-hybridized carbons (Fsp3) is 0.350. The number of rotatable bonds is 11. The average Bonchev–Trinajstić information content (AvgIpc) is 2.71. The van der Waals surface area contributed by atoms with Crippen LogP contribution in [-0.4, -0.2) is 53.6 Å². The Balaban J connectivity index is 1.96. The van der Waals surface area contributed by atoms with Crippen molar-refractivity contribution in [2.45, 2.75) is 5.75 Å². The van der Waals surface area contributed by atoms with E-state index in [0.717, 1.165) is 21.9 Å². The van der Waals surface area contributed by atoms with Crippen LogP contribution in [0.2, 0.25) is 5.02 Å². The van der Waals surface area contributed by atoms with Crippen molar-refractivity contribution in [1.82, 2.24) is 5.32 Å². The Bertz CT molecular complexity index is 969. The van der Waals surface area contributed by atoms with Gasteiger partial charge in [0.1, 0.15) is 18.0 Å². The molecule has 0 spiro atoms. The summed E-state index contributed by atoms with van der Waals surface area (Å²) in [5.74, 6) is 1.76. The summed E-state index contributed by atoms with van der Waals surface area (Å²) in [5, 5.41) is 3.46. The lowest BCUT2D eigenvalue weighted by molar-refractivity contribution is -0.119. The zero-order chi connectivity index (χ0) is 22.1. The molecule has 0 aliphatic rings. The summed E-state index contributed by atoms with van der Waals surface area (Å²) in [5.41, 5.74) is 1.27. The third kappa shape index (κ3) is 7.00. The molecule has 2 aromatic carbocycles. The van der Waals surface area contributed by atoms with E-state index < -0.39 is 15.9 Å². The number of carbonyl (C=O) groups is 1. The number of carbonyl (C=O) groups excluding carboxylic acids is 1. The van der Waals surface area contributed by atoms with E-state index in [1.807, 2.05) is 24.3 Å². The number of halogens is 1. The van der Waals surface area contributed by atoms with Crippen LogP contribution in [0.1, 0.15) is 5.56 Å². The first kappa shape index (κ1) is 24.2. The summed E-state index contributed by atoms with van der Waals surface area (Å²) in [4.78, 5) is 12.4. The minimum Gasteiger partial charge on any atom is -0.497 e. The fourth-order valence-electron chi connectivity index (χ4n) is 2.62. The summed E-state index contributed by atoms with van der Waals surface area (Å²) in [6, 6.07) is 12.4. The van der Waals surface area contributed by atoms with Crippen molar-refractivity contribution in [2.75, 3.05) is 43.6 Å². The van der Waals surface area contributed by atoms with E-state index in [2.05, 4.69) is 5.32 Å². The first-order valence-electron chi connectivity index (χ1n) is 9.04. The Morgan fingerprint density at radius 2 is 1.90 bits per heavy atom. The van der Waals surface area contributed by atoms with E-state index in [1.54, 1.807) is 23.9 Å². The molecule has 1 amide bonds. The van der Waals surface area contributed by atoms with Crippen molar-refractivity contribution in [3.8, 4) is 11.5 Å². The number of anilines is 1. The van der Waals surface area contributed by atoms with Gasteiger partial charge in [-0.25, -0.2) is 8.42 Å². The molecule has 2 rings (SSSR count). The van der Waals surface area contributed by atoms with Crippen LogP contribution < -0.4 is 19.1 Å². The molecule has 2 aromatic rings. The maximum atomic E-state index is 12.4. The van der Waals surface area contributed by atoms with Crippen LogP contribution in [-0.2, 0) is 20.6 Å². The van der Waals surface area contributed by atoms with Crippen LogP contribution in [0.5, 0.6) is 11.5 Å². The molecule has 1 N–H and O–H groups in total. The molecule has 0 aliphatic carbocycles. The number of nitrogens with zero attached hydrogens (tertiary/aromatic N) is 1. The van der Waals surface area contributed by atoms with Gasteiger partial charge in [-0.05, 0) is 23.8 Å². The molecular formula is C20H25ClN2O5S2. The van der Waals surface area contributed by atoms with E-state index in [4.69, 9.17) is 21.1 Å². The molecule has 0 saturated carbocycles. The van der Waals surface area contributed by atoms with Gasteiger partial charge < -0.3 is 14.8 Å². The zero-order valence-corrected chi connectivity index (χ0v) is 19.4. The summed E-state index contributed by atoms with van der Waals surface area (Å²) < 4.78 is 36.1. The normalized spacial score (nSPS) is 11.1. The van der Waals surface area contributed by atoms with Gasteiger partial charge in [0.2, 0.25) is 15.9 Å². The molecule has 0 aromatic heterocycles. The highest BCUT2D eigenvalue weighted by Crippen LogP contribution is 2.33. The van der Waals surface area contributed by atoms with Gasteiger partial charge in [0, 0.05) is 29.1 Å². The Morgan fingerprint density at radius 3 is 2.53 bits per heavy atom. The lowest BCUT2D eigenvalue weighted by Gasteiger charge is -2.24. The third-order valence-electron chi connectivity index (χ3n) is 4.13. The Kier molecular flexibility index (Phi) is 9.13. The molecule has 0 atom stereocenters. The topological polar surface area (TPSA) is 84.9 Å². The minimum absolute atomic E-state index is 0.239. The molecule has 7 nitrogen and oxygen atoms in total. The molecule has 0 heterocycles. The molecule has 0 unspecified atom stereocenters. The van der Waals surface area contributed by atoms with Gasteiger partial charge in [0.25, 0.3) is 0 Å². The monoisotopic (exact) mass is 472 g/mol. The van der Waals surface area contributed by atoms with E-state index in [0.29, 0.717) is 28.8 Å². The number of hydrogen-bond acceptors (Lipinski definition) is 6. The van der Waals surface area contributed by atoms with Crippen molar-refractivity contribution in [2.24, 2.45) is 0 Å². The lowest BCUT2D eigenvalue weighted by atomic mass is 10.2. The van der Waals surface area contributed by atoms with E-state index in [-0.39, 0.29) is 12.2 Å². The van der Waals surface area contributed by atoms with Crippen molar-refractivity contribution in [1.29, 1.82) is 0 Å². The number of benzene rings is 2. The maximum absolute atomic E-state index is 12.4. The molecule has 0 saturated heterocycles. The molecule has 30 heavy (non-hydrogen) atoms. The van der Waals surface area contributed by atoms with Gasteiger partial charge in [0.15, 0.2) is 0 Å². The van der Waals surface area contributed by atoms with Gasteiger partial charge >= 0.3 is 0 Å². The summed E-state index contributed by atoms with van der Waals surface area (Å²) in [6.07, 6.45) is 1.04. The minimum atomic E-state index is -3.73. The van der Waals surface area contributed by atoms with Crippen LogP contribution in [0.3, 0.4) is 0 Å². The predicted octanol–water partition coefficient (Wildman–Crippen LogP) is 3.17. The van der Waals surface area contributed by atoms with Crippen LogP contribution in [0, 0.1) is 0 Å². The van der Waals surface area contributed by atoms with E-state index in [9.17, 15) is 13.2 Å². The van der Waals surface area contributed by atoms with Crippen LogP contribution in [0.15, 0.2) is 42.5 Å². The second-order valence-electron chi connectivity index (χ2n) is 6.30. The second-order valence-corrected chi connectivity index (χ2v) is 9.72. The number of methoxy groups -OCH3 is 2. The van der Waals surface area contributed by atoms with E-state index in [1.165, 1.54) is 20.3 Å². The van der Waals surface area contributed by atoms with Crippen molar-refractivity contribution in [3.05, 3.63) is 53.1 Å². The summed E-state index contributed by atoms with van der Waals surface area (Å²) in [6.45, 7) is 0.0400. The molecule has 0 radical (unpaired) electrons. The lowest BCUT2D eigenvalue weighted by Crippen LogP contribution is -2.41. The number of hydrogen-bond donors (Lipinski definition) is 1. The third-order valence-corrected chi connectivity index (χ3v) is 6.63. The van der Waals surface area contributed by atoms with E-state index >= 15 is 0 Å². The predicted molar refractivity (Wildman–Crippen MR) is 122 cm³/mol. The average molecular weight is 473 g/mol. The molecule has 10 heteroatoms. The van der Waals surface area contributed by atoms with Crippen molar-refractivity contribution >= 4 is 45.0 Å². The first-order chi connectivity index (χ1) is 14.3. The Hall–Kier alpha value is -2.10. The first-order valence-corrected chi connectivity index (χ1v) is 12.4. The van der Waals surface area contributed by atoms with Gasteiger partial charge in [-0.2, -0.15) is 11.8 Å². The maximum Gasteiger partial charge on any atom is 0.240 e. The molecule has 0 bridgehead atoms. The van der Waals surface area contributed by atoms with Gasteiger partial charge in [-0.3, -0.25) is 9.10 Å². The van der Waals surface area contributed by atoms with Gasteiger partial charge in [-0.1, -0.05) is 29.8 Å². The summed E-state index contributed by atoms with van der Waals surface area (Å²) in [7, 11) is -0.821. The van der Waals surface area contributed by atoms with Crippen LogP contribution >= 0.6 is 23.4 Å². The number of thioether (sulfide) groups is 1. The highest BCUT2D eigenvalue weighted by atomic mass is 35.5. The van der Waals surface area contributed by atoms with Crippen molar-refractivity contribution in [3.63, 3.8) is 0 Å². The quantitative estimate of drug-likeness (QED) is 0.505. The number of nitrogens with one attached hydrogen (secondary N) is 1. The molecule has 0 aliphatic heterocycles. The number of amides is 1. The molecule has 0 fully saturated rings. The highest BCUT2D eigenvalue weighted by molar-refractivity contribution is 7.98. The standard InChI is InChI=1S/C20H25ClN2O5S2/c1-27-16-8-9-19(28-2)18(12-16)23(30(3,25)26)13-20(24)22-10-11-29-14-15-6-4-5-7-17(15)21/h4-9,12H,10-11,13-14H2,1-3H3,(H,22,24). The highest BCUT2D eigenvalue weighted by Gasteiger charge is 2.24. The van der Waals surface area contributed by atoms with Crippen LogP contribution in [0.25, 0.3) is 0 Å². The summed E-state index contributed by atoms with van der Waals surface area (Å²) >= 11 is 7.75. The Morgan fingerprint density at radius 1 is 1.17 bits per heavy atom. The van der Waals surface area contributed by atoms with Crippen LogP contribution in [0.4, 0.5) is 5.69 Å². The van der Waals surface area contributed by atoms with Gasteiger partial charge in [-0.15, -0.1) is 0 Å². The smallest absolute Gasteiger partial charge is 0.240 e. The SMILES string of the molecule is COc1ccc(OC)c(N(CC(=O)NCCSCc2ccccc2Cl)S(C)(=O)=O)c1. The number of sulfonamides is 1. The number of ether oxygens (including phenoxy) is 2. The fourth-order valence-corrected chi connectivity index (χ4v) is 4.62. The largest absolute Gasteiger partial charge is 0.497 e. The molecule has 164 valence electrons. The molecular weight excluding hydrogens is 448 g/mol. The van der Waals surface area contributed by atoms with Gasteiger partial charge in [0.05, 0.1) is 26.2 Å². The Labute approximate surface area is 186 Å². The zero-order valence-electron chi connectivity index (χ0n) is 17.1.